The van der Waals surface area contributed by atoms with Crippen molar-refractivity contribution in [3.8, 4) is 0 Å². The van der Waals surface area contributed by atoms with Crippen molar-refractivity contribution in [2.45, 2.75) is 32.7 Å². The molecular weight excluding hydrogens is 172 g/mol. The van der Waals surface area contributed by atoms with E-state index in [0.717, 1.165) is 12.5 Å². The Kier molecular flexibility index (Phi) is 2.82. The lowest BCUT2D eigenvalue weighted by Crippen LogP contribution is -2.23. The molecule has 1 aromatic heterocycles. The molecular formula is C12H18N2. The smallest absolute Gasteiger partial charge is 0.0352 e. The Morgan fingerprint density at radius 3 is 2.93 bits per heavy atom. The summed E-state index contributed by atoms with van der Waals surface area (Å²) in [6.07, 6.45) is 6.61. The summed E-state index contributed by atoms with van der Waals surface area (Å²) in [5.41, 5.74) is 2.75. The summed E-state index contributed by atoms with van der Waals surface area (Å²) < 4.78 is 0. The van der Waals surface area contributed by atoms with Gasteiger partial charge in [0.1, 0.15) is 0 Å². The molecule has 0 radical (unpaired) electrons. The van der Waals surface area contributed by atoms with Crippen molar-refractivity contribution in [1.29, 1.82) is 0 Å². The predicted octanol–water partition coefficient (Wildman–Crippen LogP) is 2.45. The van der Waals surface area contributed by atoms with Gasteiger partial charge < -0.3 is 5.32 Å². The molecule has 1 heterocycles. The van der Waals surface area contributed by atoms with E-state index in [0.29, 0.717) is 6.04 Å². The molecule has 2 nitrogen and oxygen atoms in total. The van der Waals surface area contributed by atoms with Gasteiger partial charge in [-0.3, -0.25) is 4.98 Å². The van der Waals surface area contributed by atoms with Gasteiger partial charge in [0.05, 0.1) is 0 Å². The van der Waals surface area contributed by atoms with Crippen molar-refractivity contribution in [2.24, 2.45) is 5.92 Å². The molecule has 0 aliphatic heterocycles. The molecule has 76 valence electrons. The quantitative estimate of drug-likeness (QED) is 0.789. The fraction of sp³-hybridized carbons (Fsp3) is 0.583. The summed E-state index contributed by atoms with van der Waals surface area (Å²) >= 11 is 0. The first-order valence-electron chi connectivity index (χ1n) is 5.46. The van der Waals surface area contributed by atoms with Crippen LogP contribution >= 0.6 is 0 Å². The fourth-order valence-corrected chi connectivity index (χ4v) is 2.01. The second-order valence-electron chi connectivity index (χ2n) is 4.11. The minimum atomic E-state index is 0.558. The molecule has 1 aromatic rings. The Labute approximate surface area is 85.7 Å². The molecule has 1 saturated carbocycles. The van der Waals surface area contributed by atoms with E-state index < -0.39 is 0 Å². The van der Waals surface area contributed by atoms with E-state index in [1.54, 1.807) is 0 Å². The Balaban J connectivity index is 2.21. The highest BCUT2D eigenvalue weighted by Crippen LogP contribution is 2.41. The molecule has 2 heteroatoms. The summed E-state index contributed by atoms with van der Waals surface area (Å²) in [5, 5.41) is 3.57. The first-order valence-corrected chi connectivity index (χ1v) is 5.46. The molecule has 1 aliphatic carbocycles. The van der Waals surface area contributed by atoms with E-state index in [1.165, 1.54) is 24.0 Å². The molecule has 0 amide bonds. The van der Waals surface area contributed by atoms with Gasteiger partial charge in [0.15, 0.2) is 0 Å². The predicted molar refractivity (Wildman–Crippen MR) is 58.1 cm³/mol. The number of aromatic nitrogens is 1. The van der Waals surface area contributed by atoms with Crippen molar-refractivity contribution in [1.82, 2.24) is 10.3 Å². The maximum atomic E-state index is 4.14. The van der Waals surface area contributed by atoms with Gasteiger partial charge in [-0.15, -0.1) is 0 Å². The molecule has 1 N–H and O–H groups in total. The monoisotopic (exact) mass is 190 g/mol. The number of pyridine rings is 1. The third-order valence-corrected chi connectivity index (χ3v) is 2.92. The van der Waals surface area contributed by atoms with Crippen molar-refractivity contribution in [3.05, 3.63) is 29.6 Å². The molecule has 0 bridgehead atoms. The van der Waals surface area contributed by atoms with E-state index in [2.05, 4.69) is 30.2 Å². The van der Waals surface area contributed by atoms with Crippen molar-refractivity contribution in [3.63, 3.8) is 0 Å². The van der Waals surface area contributed by atoms with E-state index in [-0.39, 0.29) is 0 Å². The van der Waals surface area contributed by atoms with Crippen LogP contribution in [0.3, 0.4) is 0 Å². The first-order chi connectivity index (χ1) is 6.83. The second kappa shape index (κ2) is 4.09. The molecule has 1 unspecified atom stereocenters. The summed E-state index contributed by atoms with van der Waals surface area (Å²) in [4.78, 5) is 4.14. The van der Waals surface area contributed by atoms with Crippen molar-refractivity contribution < 1.29 is 0 Å². The van der Waals surface area contributed by atoms with Crippen LogP contribution in [0.5, 0.6) is 0 Å². The topological polar surface area (TPSA) is 24.9 Å². The third-order valence-electron chi connectivity index (χ3n) is 2.92. The summed E-state index contributed by atoms with van der Waals surface area (Å²) in [5.74, 6) is 0.857. The van der Waals surface area contributed by atoms with Crippen LogP contribution in [0.1, 0.15) is 36.9 Å². The lowest BCUT2D eigenvalue weighted by molar-refractivity contribution is 0.493. The number of hydrogen-bond donors (Lipinski definition) is 1. The van der Waals surface area contributed by atoms with Gasteiger partial charge in [-0.05, 0) is 49.4 Å². The summed E-state index contributed by atoms with van der Waals surface area (Å²) in [7, 11) is 0. The van der Waals surface area contributed by atoms with Gasteiger partial charge in [0.25, 0.3) is 0 Å². The number of rotatable bonds is 4. The highest BCUT2D eigenvalue weighted by Gasteiger charge is 2.32. The number of aryl methyl sites for hydroxylation is 1. The summed E-state index contributed by atoms with van der Waals surface area (Å²) in [6, 6.07) is 2.71. The molecule has 0 spiro atoms. The van der Waals surface area contributed by atoms with Gasteiger partial charge in [-0.2, -0.15) is 0 Å². The van der Waals surface area contributed by atoms with Crippen LogP contribution in [0.15, 0.2) is 18.5 Å². The highest BCUT2D eigenvalue weighted by molar-refractivity contribution is 5.27. The molecule has 1 fully saturated rings. The highest BCUT2D eigenvalue weighted by atomic mass is 14.9. The third kappa shape index (κ3) is 1.95. The lowest BCUT2D eigenvalue weighted by atomic mass is 9.99. The van der Waals surface area contributed by atoms with E-state index in [4.69, 9.17) is 0 Å². The second-order valence-corrected chi connectivity index (χ2v) is 4.11. The number of nitrogens with one attached hydrogen (secondary N) is 1. The molecule has 0 saturated heterocycles. The molecule has 14 heavy (non-hydrogen) atoms. The van der Waals surface area contributed by atoms with Gasteiger partial charge in [-0.1, -0.05) is 6.92 Å². The maximum absolute atomic E-state index is 4.14. The Bertz CT molecular complexity index is 305. The van der Waals surface area contributed by atoms with Crippen LogP contribution in [0, 0.1) is 12.8 Å². The van der Waals surface area contributed by atoms with E-state index in [1.807, 2.05) is 12.4 Å². The maximum Gasteiger partial charge on any atom is 0.0352 e. The molecule has 0 aromatic carbocycles. The average Bonchev–Trinajstić information content (AvgIpc) is 2.99. The van der Waals surface area contributed by atoms with E-state index >= 15 is 0 Å². The van der Waals surface area contributed by atoms with Gasteiger partial charge in [0.2, 0.25) is 0 Å². The SMILES string of the molecule is CCNC(c1ccncc1C)C1CC1. The minimum absolute atomic E-state index is 0.558. The van der Waals surface area contributed by atoms with Crippen LogP contribution in [0.25, 0.3) is 0 Å². The van der Waals surface area contributed by atoms with Crippen molar-refractivity contribution >= 4 is 0 Å². The van der Waals surface area contributed by atoms with Crippen LogP contribution in [0.4, 0.5) is 0 Å². The minimum Gasteiger partial charge on any atom is -0.310 e. The standard InChI is InChI=1S/C12H18N2/c1-3-14-12(10-4-5-10)11-6-7-13-8-9(11)2/h6-8,10,12,14H,3-5H2,1-2H3. The fourth-order valence-electron chi connectivity index (χ4n) is 2.01. The zero-order chi connectivity index (χ0) is 9.97. The number of hydrogen-bond acceptors (Lipinski definition) is 2. The van der Waals surface area contributed by atoms with Crippen LogP contribution < -0.4 is 5.32 Å². The van der Waals surface area contributed by atoms with E-state index in [9.17, 15) is 0 Å². The largest absolute Gasteiger partial charge is 0.310 e. The summed E-state index contributed by atoms with van der Waals surface area (Å²) in [6.45, 7) is 5.36. The lowest BCUT2D eigenvalue weighted by Gasteiger charge is -2.19. The average molecular weight is 190 g/mol. The molecule has 1 aliphatic rings. The van der Waals surface area contributed by atoms with Crippen molar-refractivity contribution in [2.75, 3.05) is 6.54 Å². The normalized spacial score (nSPS) is 18.1. The van der Waals surface area contributed by atoms with Gasteiger partial charge in [0, 0.05) is 18.4 Å². The van der Waals surface area contributed by atoms with Gasteiger partial charge in [-0.25, -0.2) is 0 Å². The molecule has 1 atom stereocenters. The Morgan fingerprint density at radius 2 is 2.36 bits per heavy atom. The van der Waals surface area contributed by atoms with Crippen LogP contribution in [0.2, 0.25) is 0 Å². The zero-order valence-corrected chi connectivity index (χ0v) is 8.96. The van der Waals surface area contributed by atoms with Crippen LogP contribution in [-0.2, 0) is 0 Å². The van der Waals surface area contributed by atoms with Crippen LogP contribution in [-0.4, -0.2) is 11.5 Å². The Hall–Kier alpha value is -0.890. The Morgan fingerprint density at radius 1 is 1.57 bits per heavy atom. The molecule has 2 rings (SSSR count). The first kappa shape index (κ1) is 9.66. The zero-order valence-electron chi connectivity index (χ0n) is 8.96. The number of nitrogens with zero attached hydrogens (tertiary/aromatic N) is 1. The van der Waals surface area contributed by atoms with Gasteiger partial charge >= 0.3 is 0 Å².